The smallest absolute Gasteiger partial charge is 0.233 e. The number of hydrogen-bond acceptors (Lipinski definition) is 7. The van der Waals surface area contributed by atoms with E-state index in [-0.39, 0.29) is 6.10 Å². The fourth-order valence-corrected chi connectivity index (χ4v) is 6.65. The van der Waals surface area contributed by atoms with Gasteiger partial charge in [0.05, 0.1) is 10.6 Å². The van der Waals surface area contributed by atoms with Crippen molar-refractivity contribution < 1.29 is 4.74 Å². The van der Waals surface area contributed by atoms with Crippen LogP contribution in [0.1, 0.15) is 50.5 Å². The molecule has 8 heteroatoms. The van der Waals surface area contributed by atoms with Gasteiger partial charge in [-0.2, -0.15) is 5.26 Å². The Balaban J connectivity index is 1.01. The Morgan fingerprint density at radius 2 is 1.69 bits per heavy atom. The lowest BCUT2D eigenvalue weighted by molar-refractivity contribution is 0.0398. The van der Waals surface area contributed by atoms with Gasteiger partial charge in [0.2, 0.25) is 5.88 Å². The molecular formula is C27H33ClN6O. The number of nitrogens with zero attached hydrogens (tertiary/aromatic N) is 5. The van der Waals surface area contributed by atoms with E-state index in [0.29, 0.717) is 27.3 Å². The van der Waals surface area contributed by atoms with E-state index >= 15 is 0 Å². The highest BCUT2D eigenvalue weighted by Gasteiger charge is 2.42. The molecule has 0 atom stereocenters. The Morgan fingerprint density at radius 1 is 0.943 bits per heavy atom. The van der Waals surface area contributed by atoms with Crippen molar-refractivity contribution in [3.05, 3.63) is 40.9 Å². The van der Waals surface area contributed by atoms with Gasteiger partial charge in [-0.15, -0.1) is 10.2 Å². The van der Waals surface area contributed by atoms with Gasteiger partial charge in [-0.05, 0) is 80.0 Å². The third-order valence-corrected chi connectivity index (χ3v) is 9.24. The molecule has 3 saturated heterocycles. The summed E-state index contributed by atoms with van der Waals surface area (Å²) in [4.78, 5) is 4.78. The number of ether oxygens (including phenoxy) is 1. The highest BCUT2D eigenvalue weighted by molar-refractivity contribution is 6.32. The average molecular weight is 493 g/mol. The van der Waals surface area contributed by atoms with Crippen molar-refractivity contribution in [2.45, 2.75) is 51.0 Å². The van der Waals surface area contributed by atoms with Crippen molar-refractivity contribution in [3.63, 3.8) is 0 Å². The standard InChI is InChI=1S/C27H33ClN6O/c28-23-15-21(2-1-20(23)16-29)34-14-11-26(19-34)9-12-33(13-10-26)24-3-4-25(32-31-24)35-22-5-7-27(8-6-22)17-30-18-27/h1-4,15,22,30H,5-14,17-19H2. The molecule has 2 aromatic rings. The molecule has 1 aliphatic carbocycles. The zero-order chi connectivity index (χ0) is 23.9. The first-order valence-electron chi connectivity index (χ1n) is 13.0. The van der Waals surface area contributed by atoms with Gasteiger partial charge < -0.3 is 19.9 Å². The summed E-state index contributed by atoms with van der Waals surface area (Å²) in [6, 6.07) is 12.0. The molecule has 0 bridgehead atoms. The normalized spacial score (nSPS) is 23.3. The highest BCUT2D eigenvalue weighted by atomic mass is 35.5. The number of nitrogens with one attached hydrogen (secondary N) is 1. The molecule has 0 radical (unpaired) electrons. The molecule has 6 rings (SSSR count). The fourth-order valence-electron chi connectivity index (χ4n) is 6.43. The van der Waals surface area contributed by atoms with Gasteiger partial charge in [0, 0.05) is 51.0 Å². The fraction of sp³-hybridized carbons (Fsp3) is 0.593. The van der Waals surface area contributed by atoms with Crippen LogP contribution in [0.3, 0.4) is 0 Å². The first-order valence-corrected chi connectivity index (χ1v) is 13.3. The first-order chi connectivity index (χ1) is 17.1. The third-order valence-electron chi connectivity index (χ3n) is 8.93. The van der Waals surface area contributed by atoms with E-state index < -0.39 is 0 Å². The maximum atomic E-state index is 9.14. The van der Waals surface area contributed by atoms with Crippen LogP contribution in [0.5, 0.6) is 5.88 Å². The van der Waals surface area contributed by atoms with Crippen molar-refractivity contribution in [3.8, 4) is 11.9 Å². The molecule has 35 heavy (non-hydrogen) atoms. The van der Waals surface area contributed by atoms with Crippen molar-refractivity contribution in [2.75, 3.05) is 49.1 Å². The number of rotatable bonds is 4. The molecule has 1 N–H and O–H groups in total. The van der Waals surface area contributed by atoms with Crippen LogP contribution in [0.25, 0.3) is 0 Å². The molecule has 4 heterocycles. The minimum Gasteiger partial charge on any atom is -0.473 e. The number of aromatic nitrogens is 2. The van der Waals surface area contributed by atoms with E-state index in [1.165, 1.54) is 32.4 Å². The molecule has 4 fully saturated rings. The summed E-state index contributed by atoms with van der Waals surface area (Å²) in [6.07, 6.45) is 8.49. The molecule has 0 amide bonds. The SMILES string of the molecule is N#Cc1ccc(N2CCC3(CCN(c4ccc(OC5CCC6(CC5)CNC6)nn4)CC3)C2)cc1Cl. The zero-order valence-electron chi connectivity index (χ0n) is 20.2. The minimum absolute atomic E-state index is 0.271. The number of hydrogen-bond donors (Lipinski definition) is 1. The molecule has 184 valence electrons. The van der Waals surface area contributed by atoms with E-state index in [4.69, 9.17) is 21.6 Å². The van der Waals surface area contributed by atoms with Gasteiger partial charge >= 0.3 is 0 Å². The van der Waals surface area contributed by atoms with E-state index in [9.17, 15) is 0 Å². The molecule has 2 spiro atoms. The predicted octanol–water partition coefficient (Wildman–Crippen LogP) is 4.41. The van der Waals surface area contributed by atoms with Crippen molar-refractivity contribution >= 4 is 23.1 Å². The molecular weight excluding hydrogens is 460 g/mol. The van der Waals surface area contributed by atoms with Crippen LogP contribution in [0.4, 0.5) is 11.5 Å². The van der Waals surface area contributed by atoms with E-state index in [2.05, 4.69) is 37.4 Å². The molecule has 1 saturated carbocycles. The maximum absolute atomic E-state index is 9.14. The number of piperidine rings is 1. The van der Waals surface area contributed by atoms with Gasteiger partial charge in [-0.1, -0.05) is 11.6 Å². The van der Waals surface area contributed by atoms with Gasteiger partial charge in [0.15, 0.2) is 5.82 Å². The van der Waals surface area contributed by atoms with Crippen LogP contribution in [0, 0.1) is 22.2 Å². The summed E-state index contributed by atoms with van der Waals surface area (Å²) in [5, 5.41) is 22.0. The summed E-state index contributed by atoms with van der Waals surface area (Å²) >= 11 is 6.28. The molecule has 0 unspecified atom stereocenters. The van der Waals surface area contributed by atoms with E-state index in [0.717, 1.165) is 63.4 Å². The van der Waals surface area contributed by atoms with Crippen molar-refractivity contribution in [2.24, 2.45) is 10.8 Å². The molecule has 7 nitrogen and oxygen atoms in total. The lowest BCUT2D eigenvalue weighted by Gasteiger charge is -2.47. The second-order valence-electron chi connectivity index (χ2n) is 11.1. The summed E-state index contributed by atoms with van der Waals surface area (Å²) in [5.74, 6) is 1.60. The molecule has 1 aromatic heterocycles. The Labute approximate surface area is 212 Å². The summed E-state index contributed by atoms with van der Waals surface area (Å²) in [6.45, 7) is 6.42. The van der Waals surface area contributed by atoms with Crippen molar-refractivity contribution in [1.82, 2.24) is 15.5 Å². The van der Waals surface area contributed by atoms with E-state index in [1.807, 2.05) is 24.3 Å². The van der Waals surface area contributed by atoms with E-state index in [1.54, 1.807) is 0 Å². The van der Waals surface area contributed by atoms with Crippen LogP contribution in [-0.4, -0.2) is 55.6 Å². The second kappa shape index (κ2) is 9.15. The minimum atomic E-state index is 0.271. The number of nitriles is 1. The van der Waals surface area contributed by atoms with Crippen LogP contribution < -0.4 is 19.9 Å². The van der Waals surface area contributed by atoms with Crippen LogP contribution >= 0.6 is 11.6 Å². The number of benzene rings is 1. The first kappa shape index (κ1) is 22.9. The molecule has 3 aliphatic heterocycles. The topological polar surface area (TPSA) is 77.3 Å². The largest absolute Gasteiger partial charge is 0.473 e. The van der Waals surface area contributed by atoms with Crippen LogP contribution in [0.2, 0.25) is 5.02 Å². The zero-order valence-corrected chi connectivity index (χ0v) is 20.9. The Hall–Kier alpha value is -2.56. The average Bonchev–Trinajstić information content (AvgIpc) is 3.28. The van der Waals surface area contributed by atoms with Crippen LogP contribution in [0.15, 0.2) is 30.3 Å². The van der Waals surface area contributed by atoms with Gasteiger partial charge in [0.1, 0.15) is 12.2 Å². The molecule has 1 aromatic carbocycles. The lowest BCUT2D eigenvalue weighted by Crippen LogP contribution is -2.55. The van der Waals surface area contributed by atoms with Gasteiger partial charge in [-0.3, -0.25) is 0 Å². The summed E-state index contributed by atoms with van der Waals surface area (Å²) < 4.78 is 6.17. The quantitative estimate of drug-likeness (QED) is 0.677. The maximum Gasteiger partial charge on any atom is 0.233 e. The molecule has 4 aliphatic rings. The van der Waals surface area contributed by atoms with Crippen LogP contribution in [-0.2, 0) is 0 Å². The lowest BCUT2D eigenvalue weighted by atomic mass is 9.69. The summed E-state index contributed by atoms with van der Waals surface area (Å²) in [5.41, 5.74) is 2.54. The summed E-state index contributed by atoms with van der Waals surface area (Å²) in [7, 11) is 0. The monoisotopic (exact) mass is 492 g/mol. The third kappa shape index (κ3) is 4.54. The van der Waals surface area contributed by atoms with Crippen molar-refractivity contribution in [1.29, 1.82) is 5.26 Å². The Bertz CT molecular complexity index is 1090. The number of anilines is 2. The van der Waals surface area contributed by atoms with Gasteiger partial charge in [-0.25, -0.2) is 0 Å². The second-order valence-corrected chi connectivity index (χ2v) is 11.5. The van der Waals surface area contributed by atoms with Gasteiger partial charge in [0.25, 0.3) is 0 Å². The Morgan fingerprint density at radius 3 is 2.29 bits per heavy atom. The Kier molecular flexibility index (Phi) is 5.98. The number of halogens is 1. The highest BCUT2D eigenvalue weighted by Crippen LogP contribution is 2.43. The predicted molar refractivity (Wildman–Crippen MR) is 137 cm³/mol.